The molecule has 0 unspecified atom stereocenters. The summed E-state index contributed by atoms with van der Waals surface area (Å²) in [6, 6.07) is 5.96. The minimum atomic E-state index is -3.93. The van der Waals surface area contributed by atoms with E-state index in [1.807, 2.05) is 0 Å². The van der Waals surface area contributed by atoms with Crippen molar-refractivity contribution in [1.82, 2.24) is 0 Å². The zero-order chi connectivity index (χ0) is 15.8. The highest BCUT2D eigenvalue weighted by molar-refractivity contribution is 14.1. The maximum absolute atomic E-state index is 12.3. The van der Waals surface area contributed by atoms with Gasteiger partial charge in [-0.2, -0.15) is 0 Å². The maximum atomic E-state index is 12.3. The van der Waals surface area contributed by atoms with E-state index in [1.165, 1.54) is 0 Å². The van der Waals surface area contributed by atoms with Crippen molar-refractivity contribution in [3.63, 3.8) is 0 Å². The van der Waals surface area contributed by atoms with Gasteiger partial charge in [-0.25, -0.2) is 13.2 Å². The lowest BCUT2D eigenvalue weighted by atomic mass is 10.3. The van der Waals surface area contributed by atoms with Gasteiger partial charge in [0.05, 0.1) is 14.5 Å². The summed E-state index contributed by atoms with van der Waals surface area (Å²) in [7, 11) is -3.93. The molecule has 0 amide bonds. The van der Waals surface area contributed by atoms with Gasteiger partial charge in [-0.3, -0.25) is 4.72 Å². The first kappa shape index (κ1) is 17.0. The number of hydrogen-bond acceptors (Lipinski definition) is 4. The van der Waals surface area contributed by atoms with E-state index in [-0.39, 0.29) is 24.3 Å². The van der Waals surface area contributed by atoms with Crippen molar-refractivity contribution in [2.24, 2.45) is 0 Å². The lowest BCUT2D eigenvalue weighted by Gasteiger charge is -2.09. The van der Waals surface area contributed by atoms with Crippen molar-refractivity contribution in [3.8, 4) is 0 Å². The first-order chi connectivity index (χ1) is 9.70. The molecule has 0 fully saturated rings. The van der Waals surface area contributed by atoms with E-state index in [2.05, 4.69) is 43.2 Å². The fourth-order valence-corrected chi connectivity index (χ4v) is 5.86. The van der Waals surface area contributed by atoms with Gasteiger partial charge in [-0.15, -0.1) is 11.3 Å². The Hall–Kier alpha value is -0.360. The largest absolute Gasteiger partial charge is 0.477 e. The zero-order valence-corrected chi connectivity index (χ0v) is 16.1. The van der Waals surface area contributed by atoms with Crippen molar-refractivity contribution in [2.75, 3.05) is 4.72 Å². The molecule has 0 saturated carbocycles. The van der Waals surface area contributed by atoms with Crippen LogP contribution in [0.1, 0.15) is 9.67 Å². The molecule has 0 bridgehead atoms. The third-order valence-corrected chi connectivity index (χ3v) is 6.92. The molecule has 0 aliphatic rings. The highest BCUT2D eigenvalue weighted by atomic mass is 127. The molecule has 2 N–H and O–H groups in total. The highest BCUT2D eigenvalue weighted by Crippen LogP contribution is 2.34. The van der Waals surface area contributed by atoms with Crippen molar-refractivity contribution >= 4 is 83.1 Å². The Morgan fingerprint density at radius 3 is 2.57 bits per heavy atom. The van der Waals surface area contributed by atoms with Crippen LogP contribution in [0.3, 0.4) is 0 Å². The van der Waals surface area contributed by atoms with Crippen LogP contribution in [-0.4, -0.2) is 19.5 Å². The average molecular weight is 523 g/mol. The fraction of sp³-hybridized carbons (Fsp3) is 0. The molecule has 1 heterocycles. The molecule has 0 spiro atoms. The number of hydrogen-bond donors (Lipinski definition) is 2. The highest BCUT2D eigenvalue weighted by Gasteiger charge is 2.24. The lowest BCUT2D eigenvalue weighted by Crippen LogP contribution is -2.13. The molecule has 21 heavy (non-hydrogen) atoms. The average Bonchev–Trinajstić information content (AvgIpc) is 2.76. The summed E-state index contributed by atoms with van der Waals surface area (Å²) >= 11 is 11.9. The first-order valence-electron chi connectivity index (χ1n) is 5.21. The summed E-state index contributed by atoms with van der Waals surface area (Å²) in [5.41, 5.74) is 0.229. The van der Waals surface area contributed by atoms with Gasteiger partial charge in [0, 0.05) is 3.57 Å². The van der Waals surface area contributed by atoms with Crippen molar-refractivity contribution in [3.05, 3.63) is 41.5 Å². The predicted octanol–water partition coefficient (Wildman–Crippen LogP) is 4.27. The molecule has 2 aromatic rings. The number of carboxylic acids is 1. The van der Waals surface area contributed by atoms with Gasteiger partial charge in [0.2, 0.25) is 0 Å². The number of thiophene rings is 1. The van der Waals surface area contributed by atoms with Crippen LogP contribution in [0.4, 0.5) is 5.69 Å². The Bertz CT molecular complexity index is 822. The van der Waals surface area contributed by atoms with E-state index in [9.17, 15) is 13.2 Å². The van der Waals surface area contributed by atoms with E-state index in [4.69, 9.17) is 16.7 Å². The van der Waals surface area contributed by atoms with Crippen LogP contribution < -0.4 is 4.72 Å². The first-order valence-corrected chi connectivity index (χ1v) is 9.76. The van der Waals surface area contributed by atoms with Crippen LogP contribution in [0.15, 0.2) is 32.9 Å². The second-order valence-electron chi connectivity index (χ2n) is 3.78. The summed E-state index contributed by atoms with van der Waals surface area (Å²) in [5, 5.41) is 9.16. The van der Waals surface area contributed by atoms with Gasteiger partial charge in [-0.05, 0) is 62.8 Å². The molecule has 0 radical (unpaired) electrons. The molecule has 0 aliphatic carbocycles. The number of benzene rings is 1. The number of halogens is 3. The Balaban J connectivity index is 2.41. The number of carbonyl (C=O) groups is 1. The predicted molar refractivity (Wildman–Crippen MR) is 94.0 cm³/mol. The fourth-order valence-electron chi connectivity index (χ4n) is 1.41. The number of rotatable bonds is 4. The second kappa shape index (κ2) is 6.41. The number of aromatic carboxylic acids is 1. The van der Waals surface area contributed by atoms with Gasteiger partial charge in [0.1, 0.15) is 9.77 Å². The van der Waals surface area contributed by atoms with Gasteiger partial charge in [0.15, 0.2) is 0 Å². The summed E-state index contributed by atoms with van der Waals surface area (Å²) in [4.78, 5) is 10.7. The van der Waals surface area contributed by atoms with Crippen LogP contribution in [0.5, 0.6) is 0 Å². The Morgan fingerprint density at radius 2 is 2.05 bits per heavy atom. The molecule has 112 valence electrons. The van der Waals surface area contributed by atoms with Gasteiger partial charge in [0.25, 0.3) is 10.0 Å². The minimum absolute atomic E-state index is 0.0732. The number of anilines is 1. The summed E-state index contributed by atoms with van der Waals surface area (Å²) in [5.74, 6) is -1.19. The molecular weight excluding hydrogens is 517 g/mol. The molecule has 5 nitrogen and oxygen atoms in total. The minimum Gasteiger partial charge on any atom is -0.477 e. The number of carboxylic acid groups (broad SMARTS) is 1. The quantitative estimate of drug-likeness (QED) is 0.588. The van der Waals surface area contributed by atoms with E-state index in [0.29, 0.717) is 0 Å². The summed E-state index contributed by atoms with van der Waals surface area (Å²) in [6.45, 7) is 0. The molecule has 1 aromatic heterocycles. The normalized spacial score (nSPS) is 11.4. The summed E-state index contributed by atoms with van der Waals surface area (Å²) in [6.07, 6.45) is 0. The Morgan fingerprint density at radius 1 is 1.38 bits per heavy atom. The number of nitrogens with one attached hydrogen (secondary N) is 1. The smallest absolute Gasteiger partial charge is 0.345 e. The molecule has 0 saturated heterocycles. The van der Waals surface area contributed by atoms with Crippen LogP contribution in [0, 0.1) is 3.57 Å². The molecule has 2 rings (SSSR count). The van der Waals surface area contributed by atoms with E-state index < -0.39 is 16.0 Å². The van der Waals surface area contributed by atoms with Crippen LogP contribution >= 0.6 is 61.5 Å². The SMILES string of the molecule is O=C(O)c1cc(S(=O)(=O)Nc2ccc(I)cc2Cl)c(Br)s1. The van der Waals surface area contributed by atoms with Crippen LogP contribution in [0.25, 0.3) is 0 Å². The molecule has 1 aromatic carbocycles. The van der Waals surface area contributed by atoms with E-state index in [0.717, 1.165) is 21.0 Å². The summed E-state index contributed by atoms with van der Waals surface area (Å²) < 4.78 is 28.0. The second-order valence-corrected chi connectivity index (χ2v) is 9.46. The topological polar surface area (TPSA) is 83.5 Å². The van der Waals surface area contributed by atoms with Crippen molar-refractivity contribution in [2.45, 2.75) is 4.90 Å². The van der Waals surface area contributed by atoms with Crippen LogP contribution in [-0.2, 0) is 10.0 Å². The molecule has 10 heteroatoms. The van der Waals surface area contributed by atoms with Crippen LogP contribution in [0.2, 0.25) is 5.02 Å². The number of sulfonamides is 1. The third-order valence-electron chi connectivity index (χ3n) is 2.33. The molecular formula is C11H6BrClINO4S2. The Labute approximate surface area is 151 Å². The molecule has 0 atom stereocenters. The molecule has 0 aliphatic heterocycles. The van der Waals surface area contributed by atoms with Gasteiger partial charge in [-0.1, -0.05) is 11.6 Å². The van der Waals surface area contributed by atoms with Crippen molar-refractivity contribution < 1.29 is 18.3 Å². The zero-order valence-electron chi connectivity index (χ0n) is 9.93. The van der Waals surface area contributed by atoms with E-state index >= 15 is 0 Å². The Kier molecular flexibility index (Phi) is 5.19. The van der Waals surface area contributed by atoms with Gasteiger partial charge < -0.3 is 5.11 Å². The standard InChI is InChI=1S/C11H6BrClINO4S2/c12-10-9(4-8(20-10)11(16)17)21(18,19)15-7-2-1-5(14)3-6(7)13/h1-4,15H,(H,16,17). The van der Waals surface area contributed by atoms with E-state index in [1.54, 1.807) is 18.2 Å². The van der Waals surface area contributed by atoms with Gasteiger partial charge >= 0.3 is 5.97 Å². The lowest BCUT2D eigenvalue weighted by molar-refractivity contribution is 0.0702. The third kappa shape index (κ3) is 3.89. The maximum Gasteiger partial charge on any atom is 0.345 e. The monoisotopic (exact) mass is 521 g/mol. The van der Waals surface area contributed by atoms with Crippen molar-refractivity contribution in [1.29, 1.82) is 0 Å².